The molecular weight excluding hydrogens is 137 g/mol. The maximum absolute atomic E-state index is 11.5. The van der Waals surface area contributed by atoms with Gasteiger partial charge >= 0.3 is 7.47 Å². The van der Waals surface area contributed by atoms with Crippen molar-refractivity contribution in [3.05, 3.63) is 30.3 Å². The average molecular weight is 142 g/mol. The third-order valence-electron chi connectivity index (χ3n) is 0.968. The van der Waals surface area contributed by atoms with Gasteiger partial charge in [-0.2, -0.15) is 0 Å². The molecule has 4 heteroatoms. The molecule has 0 amide bonds. The summed E-state index contributed by atoms with van der Waals surface area (Å²) in [4.78, 5) is 0. The number of hydrogen-bond donors (Lipinski definition) is 0. The number of halogens is 2. The summed E-state index contributed by atoms with van der Waals surface area (Å²) < 4.78 is 27.1. The van der Waals surface area contributed by atoms with Crippen LogP contribution in [0.15, 0.2) is 30.3 Å². The van der Waals surface area contributed by atoms with E-state index >= 15 is 0 Å². The first kappa shape index (κ1) is 7.06. The van der Waals surface area contributed by atoms with E-state index in [0.717, 1.165) is 0 Å². The first-order chi connectivity index (χ1) is 4.79. The van der Waals surface area contributed by atoms with Gasteiger partial charge in [-0.3, -0.25) is 0 Å². The lowest BCUT2D eigenvalue weighted by Gasteiger charge is -1.98. The van der Waals surface area contributed by atoms with Gasteiger partial charge in [-0.05, 0) is 12.1 Å². The topological polar surface area (TPSA) is 9.23 Å². The van der Waals surface area contributed by atoms with E-state index in [1.54, 1.807) is 18.2 Å². The highest BCUT2D eigenvalue weighted by Crippen LogP contribution is 2.09. The van der Waals surface area contributed by atoms with Crippen LogP contribution < -0.4 is 4.65 Å². The second-order valence-corrected chi connectivity index (χ2v) is 1.69. The Kier molecular flexibility index (Phi) is 2.26. The van der Waals surface area contributed by atoms with E-state index in [1.165, 1.54) is 12.1 Å². The smallest absolute Gasteiger partial charge is 0.505 e. The molecule has 0 saturated heterocycles. The highest BCUT2D eigenvalue weighted by Gasteiger charge is 2.16. The van der Waals surface area contributed by atoms with E-state index < -0.39 is 7.47 Å². The van der Waals surface area contributed by atoms with Crippen molar-refractivity contribution >= 4 is 7.47 Å². The van der Waals surface area contributed by atoms with Crippen LogP contribution in [0, 0.1) is 0 Å². The molecule has 0 fully saturated rings. The molecule has 0 aliphatic carbocycles. The molecule has 0 saturated carbocycles. The normalized spacial score (nSPS) is 9.00. The molecule has 52 valence electrons. The molecular formula is C6H5BF2O. The molecule has 0 N–H and O–H groups in total. The van der Waals surface area contributed by atoms with Gasteiger partial charge in [0.05, 0.1) is 0 Å². The van der Waals surface area contributed by atoms with Crippen molar-refractivity contribution < 1.29 is 13.3 Å². The van der Waals surface area contributed by atoms with Crippen LogP contribution in [-0.4, -0.2) is 7.47 Å². The molecule has 0 bridgehead atoms. The van der Waals surface area contributed by atoms with Gasteiger partial charge in [-0.1, -0.05) is 18.2 Å². The van der Waals surface area contributed by atoms with Crippen molar-refractivity contribution in [1.82, 2.24) is 0 Å². The summed E-state index contributed by atoms with van der Waals surface area (Å²) in [5.41, 5.74) is 0. The summed E-state index contributed by atoms with van der Waals surface area (Å²) in [5.74, 6) is 0.192. The zero-order valence-electron chi connectivity index (χ0n) is 5.13. The molecule has 1 aromatic carbocycles. The van der Waals surface area contributed by atoms with Crippen molar-refractivity contribution in [2.75, 3.05) is 0 Å². The second-order valence-electron chi connectivity index (χ2n) is 1.69. The zero-order chi connectivity index (χ0) is 7.40. The summed E-state index contributed by atoms with van der Waals surface area (Å²) in [6.45, 7) is 0. The van der Waals surface area contributed by atoms with Crippen LogP contribution in [0.3, 0.4) is 0 Å². The molecule has 1 aromatic rings. The number of hydrogen-bond acceptors (Lipinski definition) is 1. The lowest BCUT2D eigenvalue weighted by Crippen LogP contribution is -2.07. The van der Waals surface area contributed by atoms with Crippen LogP contribution >= 0.6 is 0 Å². The first-order valence-electron chi connectivity index (χ1n) is 2.79. The Labute approximate surface area is 57.8 Å². The minimum absolute atomic E-state index is 0.192. The molecule has 1 nitrogen and oxygen atoms in total. The summed E-state index contributed by atoms with van der Waals surface area (Å²) >= 11 is 0. The van der Waals surface area contributed by atoms with Gasteiger partial charge in [0.1, 0.15) is 5.75 Å². The fourth-order valence-corrected chi connectivity index (χ4v) is 0.602. The van der Waals surface area contributed by atoms with E-state index in [2.05, 4.69) is 4.65 Å². The summed E-state index contributed by atoms with van der Waals surface area (Å²) in [7, 11) is -2.73. The standard InChI is InChI=1S/C6H5BF2O/c8-7(9)10-6-4-2-1-3-5-6/h1-5H. The Hall–Kier alpha value is -1.06. The molecule has 0 heterocycles. The van der Waals surface area contributed by atoms with Crippen molar-refractivity contribution in [1.29, 1.82) is 0 Å². The minimum Gasteiger partial charge on any atom is -0.505 e. The van der Waals surface area contributed by atoms with Crippen molar-refractivity contribution in [2.24, 2.45) is 0 Å². The Morgan fingerprint density at radius 1 is 1.10 bits per heavy atom. The second kappa shape index (κ2) is 3.20. The highest BCUT2D eigenvalue weighted by atomic mass is 19.2. The van der Waals surface area contributed by atoms with E-state index in [1.807, 2.05) is 0 Å². The van der Waals surface area contributed by atoms with Crippen LogP contribution in [0.25, 0.3) is 0 Å². The van der Waals surface area contributed by atoms with E-state index in [0.29, 0.717) is 0 Å². The molecule has 0 aromatic heterocycles. The van der Waals surface area contributed by atoms with Crippen LogP contribution in [-0.2, 0) is 0 Å². The van der Waals surface area contributed by atoms with Crippen LogP contribution in [0.2, 0.25) is 0 Å². The monoisotopic (exact) mass is 142 g/mol. The Morgan fingerprint density at radius 3 is 2.20 bits per heavy atom. The lowest BCUT2D eigenvalue weighted by atomic mass is 10.3. The van der Waals surface area contributed by atoms with E-state index in [9.17, 15) is 8.63 Å². The largest absolute Gasteiger partial charge is 0.796 e. The number of rotatable bonds is 2. The Balaban J connectivity index is 2.59. The molecule has 0 spiro atoms. The van der Waals surface area contributed by atoms with Gasteiger partial charge in [0.15, 0.2) is 0 Å². The third kappa shape index (κ3) is 2.05. The fraction of sp³-hybridized carbons (Fsp3) is 0. The molecule has 0 radical (unpaired) electrons. The first-order valence-corrected chi connectivity index (χ1v) is 2.79. The molecule has 0 aliphatic heterocycles. The molecule has 0 unspecified atom stereocenters. The minimum atomic E-state index is -2.73. The van der Waals surface area contributed by atoms with Gasteiger partial charge in [-0.15, -0.1) is 0 Å². The van der Waals surface area contributed by atoms with Gasteiger partial charge in [0, 0.05) is 0 Å². The van der Waals surface area contributed by atoms with Crippen molar-refractivity contribution in [3.8, 4) is 5.75 Å². The SMILES string of the molecule is FB(F)Oc1ccccc1. The number of para-hydroxylation sites is 1. The predicted molar refractivity (Wildman–Crippen MR) is 35.0 cm³/mol. The average Bonchev–Trinajstić information content (AvgIpc) is 1.88. The molecule has 10 heavy (non-hydrogen) atoms. The summed E-state index contributed by atoms with van der Waals surface area (Å²) in [6.07, 6.45) is 0. The molecule has 1 rings (SSSR count). The van der Waals surface area contributed by atoms with E-state index in [-0.39, 0.29) is 5.75 Å². The van der Waals surface area contributed by atoms with E-state index in [4.69, 9.17) is 0 Å². The summed E-state index contributed by atoms with van der Waals surface area (Å²) in [6, 6.07) is 7.96. The van der Waals surface area contributed by atoms with Crippen LogP contribution in [0.5, 0.6) is 5.75 Å². The Bertz CT molecular complexity index is 190. The van der Waals surface area contributed by atoms with Crippen LogP contribution in [0.1, 0.15) is 0 Å². The molecule has 0 aliphatic rings. The predicted octanol–water partition coefficient (Wildman–Crippen LogP) is 1.99. The highest BCUT2D eigenvalue weighted by molar-refractivity contribution is 6.35. The van der Waals surface area contributed by atoms with Gasteiger partial charge < -0.3 is 4.65 Å². The molecule has 0 atom stereocenters. The Morgan fingerprint density at radius 2 is 1.70 bits per heavy atom. The summed E-state index contributed by atoms with van der Waals surface area (Å²) in [5, 5.41) is 0. The maximum atomic E-state index is 11.5. The fourth-order valence-electron chi connectivity index (χ4n) is 0.602. The zero-order valence-corrected chi connectivity index (χ0v) is 5.13. The van der Waals surface area contributed by atoms with Crippen LogP contribution in [0.4, 0.5) is 8.63 Å². The maximum Gasteiger partial charge on any atom is 0.796 e. The van der Waals surface area contributed by atoms with Gasteiger partial charge in [0.25, 0.3) is 0 Å². The lowest BCUT2D eigenvalue weighted by molar-refractivity contribution is 0.426. The van der Waals surface area contributed by atoms with Crippen molar-refractivity contribution in [2.45, 2.75) is 0 Å². The quantitative estimate of drug-likeness (QED) is 0.573. The van der Waals surface area contributed by atoms with Gasteiger partial charge in [0.2, 0.25) is 0 Å². The number of benzene rings is 1. The third-order valence-corrected chi connectivity index (χ3v) is 0.968. The van der Waals surface area contributed by atoms with Crippen molar-refractivity contribution in [3.63, 3.8) is 0 Å². The van der Waals surface area contributed by atoms with Gasteiger partial charge in [-0.25, -0.2) is 8.63 Å².